The van der Waals surface area contributed by atoms with Crippen LogP contribution in [0, 0.1) is 0 Å². The Labute approximate surface area is 196 Å². The number of benzene rings is 2. The largest absolute Gasteiger partial charge is 0.345 e. The molecule has 2 aromatic carbocycles. The van der Waals surface area contributed by atoms with Crippen LogP contribution < -0.4 is 4.90 Å². The van der Waals surface area contributed by atoms with Crippen LogP contribution in [0.15, 0.2) is 58.8 Å². The fraction of sp³-hybridized carbons (Fsp3) is 0.348. The summed E-state index contributed by atoms with van der Waals surface area (Å²) in [6, 6.07) is 15.7. The van der Waals surface area contributed by atoms with Crippen LogP contribution in [-0.4, -0.2) is 43.9 Å². The zero-order chi connectivity index (χ0) is 21.8. The van der Waals surface area contributed by atoms with Crippen molar-refractivity contribution in [2.24, 2.45) is 0 Å². The summed E-state index contributed by atoms with van der Waals surface area (Å²) in [6.07, 6.45) is 2.24. The van der Waals surface area contributed by atoms with Gasteiger partial charge in [-0.25, -0.2) is 13.4 Å². The van der Waals surface area contributed by atoms with Crippen LogP contribution in [0.2, 0.25) is 0 Å². The number of nitrogens with zero attached hydrogens (tertiary/aromatic N) is 3. The lowest BCUT2D eigenvalue weighted by atomic mass is 10.1. The van der Waals surface area contributed by atoms with E-state index in [1.54, 1.807) is 27.8 Å². The monoisotopic (exact) mass is 519 g/mol. The maximum absolute atomic E-state index is 13.0. The molecule has 0 unspecified atom stereocenters. The highest BCUT2D eigenvalue weighted by atomic mass is 79.9. The smallest absolute Gasteiger partial charge is 0.243 e. The second-order valence-corrected chi connectivity index (χ2v) is 11.0. The molecule has 0 saturated carbocycles. The lowest BCUT2D eigenvalue weighted by Gasteiger charge is -2.33. The van der Waals surface area contributed by atoms with E-state index in [9.17, 15) is 8.42 Å². The van der Waals surface area contributed by atoms with Crippen molar-refractivity contribution in [3.63, 3.8) is 0 Å². The van der Waals surface area contributed by atoms with Crippen LogP contribution in [-0.2, 0) is 21.8 Å². The first kappa shape index (κ1) is 22.5. The molecule has 1 aliphatic rings. The van der Waals surface area contributed by atoms with Crippen molar-refractivity contribution in [1.82, 2.24) is 9.29 Å². The number of aryl methyl sites for hydroxylation is 1. The highest BCUT2D eigenvalue weighted by Crippen LogP contribution is 2.29. The molecule has 0 N–H and O–H groups in total. The highest BCUT2D eigenvalue weighted by Gasteiger charge is 2.29. The lowest BCUT2D eigenvalue weighted by molar-refractivity contribution is 0.385. The summed E-state index contributed by atoms with van der Waals surface area (Å²) in [7, 11) is -3.46. The molecular weight excluding hydrogens is 494 g/mol. The maximum Gasteiger partial charge on any atom is 0.243 e. The molecule has 31 heavy (non-hydrogen) atoms. The Bertz CT molecular complexity index is 1100. The first-order valence-electron chi connectivity index (χ1n) is 10.5. The van der Waals surface area contributed by atoms with Gasteiger partial charge in [-0.15, -0.1) is 11.3 Å². The Morgan fingerprint density at radius 3 is 2.23 bits per heavy atom. The van der Waals surface area contributed by atoms with Crippen LogP contribution in [0.5, 0.6) is 0 Å². The molecule has 8 heteroatoms. The van der Waals surface area contributed by atoms with Crippen molar-refractivity contribution in [2.75, 3.05) is 31.1 Å². The molecule has 0 bridgehead atoms. The Kier molecular flexibility index (Phi) is 7.11. The fourth-order valence-electron chi connectivity index (χ4n) is 3.69. The van der Waals surface area contributed by atoms with E-state index in [0.717, 1.165) is 34.8 Å². The molecule has 0 amide bonds. The normalized spacial score (nSPS) is 15.4. The zero-order valence-corrected chi connectivity index (χ0v) is 20.7. The van der Waals surface area contributed by atoms with Gasteiger partial charge >= 0.3 is 0 Å². The second-order valence-electron chi connectivity index (χ2n) is 7.63. The van der Waals surface area contributed by atoms with Gasteiger partial charge < -0.3 is 4.90 Å². The van der Waals surface area contributed by atoms with E-state index in [2.05, 4.69) is 57.4 Å². The van der Waals surface area contributed by atoms with Crippen LogP contribution in [0.25, 0.3) is 11.3 Å². The molecule has 1 saturated heterocycles. The van der Waals surface area contributed by atoms with Gasteiger partial charge in [-0.2, -0.15) is 4.31 Å². The summed E-state index contributed by atoms with van der Waals surface area (Å²) in [4.78, 5) is 7.35. The second kappa shape index (κ2) is 9.81. The van der Waals surface area contributed by atoms with Gasteiger partial charge in [-0.3, -0.25) is 0 Å². The summed E-state index contributed by atoms with van der Waals surface area (Å²) < 4.78 is 27.5. The molecule has 4 rings (SSSR count). The molecule has 0 atom stereocenters. The number of rotatable bonds is 7. The summed E-state index contributed by atoms with van der Waals surface area (Å²) >= 11 is 5.01. The van der Waals surface area contributed by atoms with Gasteiger partial charge in [-0.1, -0.05) is 65.7 Å². The van der Waals surface area contributed by atoms with Gasteiger partial charge in [0.2, 0.25) is 10.0 Å². The minimum Gasteiger partial charge on any atom is -0.345 e. The van der Waals surface area contributed by atoms with Crippen molar-refractivity contribution in [1.29, 1.82) is 0 Å². The van der Waals surface area contributed by atoms with Crippen LogP contribution >= 0.6 is 27.3 Å². The van der Waals surface area contributed by atoms with E-state index < -0.39 is 10.0 Å². The zero-order valence-electron chi connectivity index (χ0n) is 17.5. The number of thiazole rings is 1. The van der Waals surface area contributed by atoms with Gasteiger partial charge in [-0.05, 0) is 29.7 Å². The Morgan fingerprint density at radius 2 is 1.61 bits per heavy atom. The van der Waals surface area contributed by atoms with Crippen molar-refractivity contribution >= 4 is 42.4 Å². The molecule has 1 fully saturated rings. The van der Waals surface area contributed by atoms with Crippen molar-refractivity contribution in [2.45, 2.75) is 30.0 Å². The van der Waals surface area contributed by atoms with Crippen LogP contribution in [0.4, 0.5) is 5.13 Å². The fourth-order valence-corrected chi connectivity index (χ4v) is 6.38. The molecule has 164 valence electrons. The molecule has 2 heterocycles. The molecule has 1 aliphatic heterocycles. The Balaban J connectivity index is 1.40. The number of halogens is 1. The highest BCUT2D eigenvalue weighted by molar-refractivity contribution is 9.08. The van der Waals surface area contributed by atoms with E-state index in [-0.39, 0.29) is 0 Å². The van der Waals surface area contributed by atoms with Gasteiger partial charge in [0, 0.05) is 42.5 Å². The minimum atomic E-state index is -3.46. The van der Waals surface area contributed by atoms with Gasteiger partial charge in [0.05, 0.1) is 10.6 Å². The van der Waals surface area contributed by atoms with E-state index in [1.165, 1.54) is 5.56 Å². The third kappa shape index (κ3) is 5.03. The minimum absolute atomic E-state index is 0.355. The number of aromatic nitrogens is 1. The first-order chi connectivity index (χ1) is 15.0. The molecule has 5 nitrogen and oxygen atoms in total. The number of hydrogen-bond donors (Lipinski definition) is 0. The topological polar surface area (TPSA) is 53.5 Å². The molecule has 3 aromatic rings. The van der Waals surface area contributed by atoms with Crippen molar-refractivity contribution < 1.29 is 8.42 Å². The van der Waals surface area contributed by atoms with Crippen LogP contribution in [0.1, 0.15) is 24.5 Å². The summed E-state index contributed by atoms with van der Waals surface area (Å²) in [5.41, 5.74) is 4.50. The third-order valence-electron chi connectivity index (χ3n) is 5.51. The lowest BCUT2D eigenvalue weighted by Crippen LogP contribution is -2.48. The summed E-state index contributed by atoms with van der Waals surface area (Å²) in [6.45, 7) is 4.39. The van der Waals surface area contributed by atoms with Crippen LogP contribution in [0.3, 0.4) is 0 Å². The molecule has 0 aliphatic carbocycles. The third-order valence-corrected chi connectivity index (χ3v) is 8.97. The van der Waals surface area contributed by atoms with E-state index >= 15 is 0 Å². The quantitative estimate of drug-likeness (QED) is 0.404. The first-order valence-corrected chi connectivity index (χ1v) is 13.9. The average molecular weight is 521 g/mol. The van der Waals surface area contributed by atoms with E-state index in [1.807, 2.05) is 12.1 Å². The number of anilines is 1. The molecule has 1 aromatic heterocycles. The van der Waals surface area contributed by atoms with Crippen molar-refractivity contribution in [3.8, 4) is 11.3 Å². The maximum atomic E-state index is 13.0. The van der Waals surface area contributed by atoms with Gasteiger partial charge in [0.15, 0.2) is 5.13 Å². The standard InChI is InChI=1S/C23H26BrN3O2S2/c1-2-3-18-4-8-20(9-5-18)22-17-30-23(25-22)26-12-14-27(15-13-26)31(28,29)21-10-6-19(16-24)7-11-21/h4-11,17H,2-3,12-16H2,1H3. The number of sulfonamides is 1. The van der Waals surface area contributed by atoms with E-state index in [4.69, 9.17) is 4.98 Å². The summed E-state index contributed by atoms with van der Waals surface area (Å²) in [5, 5.41) is 3.75. The number of hydrogen-bond acceptors (Lipinski definition) is 5. The number of piperazine rings is 1. The summed E-state index contributed by atoms with van der Waals surface area (Å²) in [5.74, 6) is 0. The predicted octanol–water partition coefficient (Wildman–Crippen LogP) is 5.17. The molecular formula is C23H26BrN3O2S2. The predicted molar refractivity (Wildman–Crippen MR) is 132 cm³/mol. The molecule has 0 radical (unpaired) electrons. The molecule has 0 spiro atoms. The van der Waals surface area contributed by atoms with E-state index in [0.29, 0.717) is 36.4 Å². The average Bonchev–Trinajstić information content (AvgIpc) is 3.30. The SMILES string of the molecule is CCCc1ccc(-c2csc(N3CCN(S(=O)(=O)c4ccc(CBr)cc4)CC3)n2)cc1. The van der Waals surface area contributed by atoms with Crippen molar-refractivity contribution in [3.05, 3.63) is 65.0 Å². The Hall–Kier alpha value is -1.74. The number of alkyl halides is 1. The Morgan fingerprint density at radius 1 is 0.968 bits per heavy atom. The van der Waals surface area contributed by atoms with Gasteiger partial charge in [0.1, 0.15) is 0 Å². The van der Waals surface area contributed by atoms with Gasteiger partial charge in [0.25, 0.3) is 0 Å².